The Hall–Kier alpha value is -3.16. The molecule has 0 saturated carbocycles. The van der Waals surface area contributed by atoms with Gasteiger partial charge in [0.2, 0.25) is 0 Å². The van der Waals surface area contributed by atoms with Gasteiger partial charge in [-0.3, -0.25) is 15.0 Å². The number of hydrogen-bond acceptors (Lipinski definition) is 5. The van der Waals surface area contributed by atoms with Gasteiger partial charge in [-0.05, 0) is 25.1 Å². The van der Waals surface area contributed by atoms with E-state index in [2.05, 4.69) is 25.4 Å². The molecule has 1 aliphatic rings. The van der Waals surface area contributed by atoms with Gasteiger partial charge in [0.15, 0.2) is 5.82 Å². The predicted octanol–water partition coefficient (Wildman–Crippen LogP) is 2.28. The minimum Gasteiger partial charge on any atom is -0.494 e. The van der Waals surface area contributed by atoms with E-state index in [0.29, 0.717) is 36.8 Å². The number of aromatic amines is 2. The smallest absolute Gasteiger partial charge is 0.254 e. The molecular formula is C19H22N6O2. The lowest BCUT2D eigenvalue weighted by atomic mass is 9.95. The summed E-state index contributed by atoms with van der Waals surface area (Å²) in [4.78, 5) is 19.5. The number of rotatable bonds is 5. The van der Waals surface area contributed by atoms with E-state index in [1.54, 1.807) is 12.3 Å². The first kappa shape index (κ1) is 17.3. The molecular weight excluding hydrogens is 344 g/mol. The Morgan fingerprint density at radius 2 is 2.22 bits per heavy atom. The predicted molar refractivity (Wildman–Crippen MR) is 98.5 cm³/mol. The van der Waals surface area contributed by atoms with Crippen LogP contribution in [0.1, 0.15) is 53.0 Å². The zero-order valence-corrected chi connectivity index (χ0v) is 15.4. The summed E-state index contributed by atoms with van der Waals surface area (Å²) in [5, 5.41) is 14.5. The molecule has 0 saturated heterocycles. The third-order valence-corrected chi connectivity index (χ3v) is 4.74. The summed E-state index contributed by atoms with van der Waals surface area (Å²) in [6.45, 7) is 5.50. The van der Waals surface area contributed by atoms with Gasteiger partial charge >= 0.3 is 0 Å². The maximum Gasteiger partial charge on any atom is 0.254 e. The summed E-state index contributed by atoms with van der Waals surface area (Å²) in [5.41, 5.74) is 2.57. The molecule has 1 aliphatic heterocycles. The molecule has 3 heterocycles. The number of benzene rings is 1. The molecule has 2 N–H and O–H groups in total. The van der Waals surface area contributed by atoms with Crippen molar-refractivity contribution >= 4 is 5.91 Å². The van der Waals surface area contributed by atoms with Gasteiger partial charge in [-0.2, -0.15) is 10.2 Å². The van der Waals surface area contributed by atoms with Crippen molar-refractivity contribution in [3.8, 4) is 5.75 Å². The fourth-order valence-electron chi connectivity index (χ4n) is 3.39. The Kier molecular flexibility index (Phi) is 4.62. The van der Waals surface area contributed by atoms with Crippen molar-refractivity contribution in [2.75, 3.05) is 13.2 Å². The van der Waals surface area contributed by atoms with E-state index >= 15 is 0 Å². The number of amides is 1. The van der Waals surface area contributed by atoms with Crippen LogP contribution in [0.4, 0.5) is 0 Å². The van der Waals surface area contributed by atoms with E-state index in [1.165, 1.54) is 0 Å². The third-order valence-electron chi connectivity index (χ3n) is 4.74. The SMILES string of the molecule is CCOc1cccc(C(=O)N2Cc3cn[nH]c3C(c3n[nH]c(CC)n3)C2)c1. The molecule has 1 aromatic carbocycles. The Bertz CT molecular complexity index is 947. The van der Waals surface area contributed by atoms with Crippen molar-refractivity contribution in [3.63, 3.8) is 0 Å². The molecule has 27 heavy (non-hydrogen) atoms. The molecule has 8 nitrogen and oxygen atoms in total. The van der Waals surface area contributed by atoms with E-state index in [9.17, 15) is 4.79 Å². The van der Waals surface area contributed by atoms with Crippen LogP contribution in [0.5, 0.6) is 5.75 Å². The van der Waals surface area contributed by atoms with Crippen LogP contribution in [-0.4, -0.2) is 49.3 Å². The zero-order valence-electron chi connectivity index (χ0n) is 15.4. The number of aromatic nitrogens is 5. The molecule has 8 heteroatoms. The lowest BCUT2D eigenvalue weighted by Gasteiger charge is -2.31. The van der Waals surface area contributed by atoms with Crippen molar-refractivity contribution in [1.29, 1.82) is 0 Å². The molecule has 2 aromatic heterocycles. The quantitative estimate of drug-likeness (QED) is 0.722. The topological polar surface area (TPSA) is 99.8 Å². The second-order valence-corrected chi connectivity index (χ2v) is 6.50. The number of carbonyl (C=O) groups is 1. The highest BCUT2D eigenvalue weighted by Gasteiger charge is 2.33. The summed E-state index contributed by atoms with van der Waals surface area (Å²) in [5.74, 6) is 2.03. The minimum atomic E-state index is -0.133. The first-order valence-electron chi connectivity index (χ1n) is 9.15. The summed E-state index contributed by atoms with van der Waals surface area (Å²) in [6, 6.07) is 7.29. The first-order valence-corrected chi connectivity index (χ1v) is 9.15. The van der Waals surface area contributed by atoms with Gasteiger partial charge in [0.1, 0.15) is 11.6 Å². The number of aryl methyl sites for hydroxylation is 1. The Labute approximate surface area is 157 Å². The van der Waals surface area contributed by atoms with E-state index in [1.807, 2.05) is 36.9 Å². The average Bonchev–Trinajstić information content (AvgIpc) is 3.36. The molecule has 1 atom stereocenters. The maximum atomic E-state index is 13.1. The van der Waals surface area contributed by atoms with Crippen LogP contribution in [0.15, 0.2) is 30.5 Å². The molecule has 0 fully saturated rings. The van der Waals surface area contributed by atoms with Crippen molar-refractivity contribution in [2.45, 2.75) is 32.7 Å². The lowest BCUT2D eigenvalue weighted by Crippen LogP contribution is -2.38. The molecule has 1 amide bonds. The second kappa shape index (κ2) is 7.22. The molecule has 0 radical (unpaired) electrons. The summed E-state index contributed by atoms with van der Waals surface area (Å²) < 4.78 is 5.52. The van der Waals surface area contributed by atoms with Crippen molar-refractivity contribution in [2.24, 2.45) is 0 Å². The Morgan fingerprint density at radius 1 is 1.33 bits per heavy atom. The summed E-state index contributed by atoms with van der Waals surface area (Å²) >= 11 is 0. The van der Waals surface area contributed by atoms with Gasteiger partial charge in [-0.15, -0.1) is 0 Å². The number of nitrogens with one attached hydrogen (secondary N) is 2. The third kappa shape index (κ3) is 3.30. The van der Waals surface area contributed by atoms with Crippen LogP contribution < -0.4 is 4.74 Å². The van der Waals surface area contributed by atoms with Crippen molar-refractivity contribution in [3.05, 3.63) is 58.9 Å². The monoisotopic (exact) mass is 366 g/mol. The molecule has 1 unspecified atom stereocenters. The molecule has 140 valence electrons. The molecule has 3 aromatic rings. The number of fused-ring (bicyclic) bond motifs is 1. The standard InChI is InChI=1S/C19H22N6O2/c1-3-16-21-18(24-22-16)15-11-25(10-13-9-20-23-17(13)15)19(26)12-6-5-7-14(8-12)27-4-2/h5-9,15H,3-4,10-11H2,1-2H3,(H,20,23)(H,21,22,24). The van der Waals surface area contributed by atoms with E-state index in [4.69, 9.17) is 4.74 Å². The lowest BCUT2D eigenvalue weighted by molar-refractivity contribution is 0.0722. The normalized spacial score (nSPS) is 16.2. The fourth-order valence-corrected chi connectivity index (χ4v) is 3.39. The van der Waals surface area contributed by atoms with E-state index in [-0.39, 0.29) is 11.8 Å². The van der Waals surface area contributed by atoms with Crippen LogP contribution in [-0.2, 0) is 13.0 Å². The number of nitrogens with zero attached hydrogens (tertiary/aromatic N) is 4. The van der Waals surface area contributed by atoms with Crippen molar-refractivity contribution < 1.29 is 9.53 Å². The van der Waals surface area contributed by atoms with Gasteiger partial charge in [0, 0.05) is 30.6 Å². The van der Waals surface area contributed by atoms with Gasteiger partial charge in [-0.1, -0.05) is 13.0 Å². The minimum absolute atomic E-state index is 0.0420. The summed E-state index contributed by atoms with van der Waals surface area (Å²) in [6.07, 6.45) is 2.55. The van der Waals surface area contributed by atoms with E-state index < -0.39 is 0 Å². The first-order chi connectivity index (χ1) is 13.2. The van der Waals surface area contributed by atoms with Crippen LogP contribution in [0.3, 0.4) is 0 Å². The highest BCUT2D eigenvalue weighted by molar-refractivity contribution is 5.94. The maximum absolute atomic E-state index is 13.1. The van der Waals surface area contributed by atoms with Crippen LogP contribution >= 0.6 is 0 Å². The zero-order chi connectivity index (χ0) is 18.8. The van der Waals surface area contributed by atoms with Crippen LogP contribution in [0, 0.1) is 0 Å². The Morgan fingerprint density at radius 3 is 3.00 bits per heavy atom. The molecule has 0 spiro atoms. The molecule has 0 aliphatic carbocycles. The average molecular weight is 366 g/mol. The number of carbonyl (C=O) groups excluding carboxylic acids is 1. The number of ether oxygens (including phenoxy) is 1. The largest absolute Gasteiger partial charge is 0.494 e. The van der Waals surface area contributed by atoms with E-state index in [0.717, 1.165) is 23.5 Å². The van der Waals surface area contributed by atoms with Crippen LogP contribution in [0.2, 0.25) is 0 Å². The fraction of sp³-hybridized carbons (Fsp3) is 0.368. The van der Waals surface area contributed by atoms with Crippen molar-refractivity contribution in [1.82, 2.24) is 30.3 Å². The molecule has 0 bridgehead atoms. The second-order valence-electron chi connectivity index (χ2n) is 6.50. The van der Waals surface area contributed by atoms with Gasteiger partial charge in [0.25, 0.3) is 5.91 Å². The van der Waals surface area contributed by atoms with Gasteiger partial charge < -0.3 is 9.64 Å². The summed E-state index contributed by atoms with van der Waals surface area (Å²) in [7, 11) is 0. The van der Waals surface area contributed by atoms with Gasteiger partial charge in [-0.25, -0.2) is 4.98 Å². The highest BCUT2D eigenvalue weighted by atomic mass is 16.5. The number of hydrogen-bond donors (Lipinski definition) is 2. The highest BCUT2D eigenvalue weighted by Crippen LogP contribution is 2.31. The number of H-pyrrole nitrogens is 2. The Balaban J connectivity index is 1.63. The van der Waals surface area contributed by atoms with Crippen LogP contribution in [0.25, 0.3) is 0 Å². The van der Waals surface area contributed by atoms with Gasteiger partial charge in [0.05, 0.1) is 24.4 Å². The molecule has 4 rings (SSSR count).